The summed E-state index contributed by atoms with van der Waals surface area (Å²) in [7, 11) is 1.74. The van der Waals surface area contributed by atoms with Crippen LogP contribution in [0.1, 0.15) is 11.7 Å². The number of carbonyl (C=O) groups is 1. The Kier molecular flexibility index (Phi) is 5.09. The number of nitrogens with two attached hydrogens (primary N) is 1. The highest BCUT2D eigenvalue weighted by molar-refractivity contribution is 5.95. The summed E-state index contributed by atoms with van der Waals surface area (Å²) >= 11 is 0. The van der Waals surface area contributed by atoms with Gasteiger partial charge in [-0.2, -0.15) is 4.98 Å². The Hall–Kier alpha value is -3.45. The first-order valence-electron chi connectivity index (χ1n) is 8.03. The largest absolute Gasteiger partial charge is 0.378 e. The molecule has 132 valence electrons. The van der Waals surface area contributed by atoms with Crippen molar-refractivity contribution in [1.29, 1.82) is 0 Å². The molecule has 0 radical (unpaired) electrons. The van der Waals surface area contributed by atoms with Crippen molar-refractivity contribution >= 4 is 23.4 Å². The van der Waals surface area contributed by atoms with Crippen LogP contribution in [0.3, 0.4) is 0 Å². The van der Waals surface area contributed by atoms with E-state index < -0.39 is 12.0 Å². The van der Waals surface area contributed by atoms with Crippen LogP contribution in [0.4, 0.5) is 17.5 Å². The zero-order valence-corrected chi connectivity index (χ0v) is 14.2. The van der Waals surface area contributed by atoms with Crippen molar-refractivity contribution in [2.75, 3.05) is 23.4 Å². The second-order valence-corrected chi connectivity index (χ2v) is 5.63. The van der Waals surface area contributed by atoms with Crippen molar-refractivity contribution in [2.45, 2.75) is 6.10 Å². The van der Waals surface area contributed by atoms with Crippen LogP contribution in [0.2, 0.25) is 0 Å². The van der Waals surface area contributed by atoms with Crippen LogP contribution in [0.5, 0.6) is 0 Å². The van der Waals surface area contributed by atoms with Gasteiger partial charge in [0.25, 0.3) is 5.91 Å². The molecule has 3 aromatic rings. The van der Waals surface area contributed by atoms with Crippen LogP contribution in [0, 0.1) is 0 Å². The van der Waals surface area contributed by atoms with Gasteiger partial charge in [-0.1, -0.05) is 42.5 Å². The Morgan fingerprint density at radius 3 is 2.58 bits per heavy atom. The smallest absolute Gasteiger partial charge is 0.257 e. The van der Waals surface area contributed by atoms with Gasteiger partial charge >= 0.3 is 0 Å². The number of hydrogen-bond acceptors (Lipinski definition) is 6. The maximum absolute atomic E-state index is 12.3. The third-order valence-electron chi connectivity index (χ3n) is 3.79. The SMILES string of the molecule is CNc1cc(-c2cccc(NC(=O)C(O)c3ccccc3)c2)nc(N)n1. The number of benzene rings is 2. The molecule has 1 amide bonds. The van der Waals surface area contributed by atoms with E-state index in [0.717, 1.165) is 5.56 Å². The number of carbonyl (C=O) groups excluding carboxylic acids is 1. The predicted molar refractivity (Wildman–Crippen MR) is 101 cm³/mol. The molecule has 1 atom stereocenters. The van der Waals surface area contributed by atoms with Crippen LogP contribution in [-0.2, 0) is 4.79 Å². The normalized spacial score (nSPS) is 11.6. The standard InChI is InChI=1S/C19H19N5O2/c1-21-16-11-15(23-19(20)24-16)13-8-5-9-14(10-13)22-18(26)17(25)12-6-3-2-4-7-12/h2-11,17,25H,1H3,(H,22,26)(H3,20,21,23,24). The highest BCUT2D eigenvalue weighted by atomic mass is 16.3. The van der Waals surface area contributed by atoms with E-state index in [1.807, 2.05) is 12.1 Å². The van der Waals surface area contributed by atoms with Crippen molar-refractivity contribution in [1.82, 2.24) is 9.97 Å². The van der Waals surface area contributed by atoms with Crippen molar-refractivity contribution in [3.63, 3.8) is 0 Å². The van der Waals surface area contributed by atoms with E-state index in [-0.39, 0.29) is 5.95 Å². The molecule has 5 N–H and O–H groups in total. The molecule has 0 fully saturated rings. The fourth-order valence-corrected chi connectivity index (χ4v) is 2.50. The fourth-order valence-electron chi connectivity index (χ4n) is 2.50. The second kappa shape index (κ2) is 7.62. The average Bonchev–Trinajstić information content (AvgIpc) is 2.67. The van der Waals surface area contributed by atoms with Gasteiger partial charge in [0, 0.05) is 24.4 Å². The Labute approximate surface area is 150 Å². The summed E-state index contributed by atoms with van der Waals surface area (Å²) in [5.74, 6) is 0.244. The van der Waals surface area contributed by atoms with Crippen molar-refractivity contribution < 1.29 is 9.90 Å². The van der Waals surface area contributed by atoms with E-state index in [9.17, 15) is 9.90 Å². The Bertz CT molecular complexity index is 915. The lowest BCUT2D eigenvalue weighted by molar-refractivity contribution is -0.124. The quantitative estimate of drug-likeness (QED) is 0.563. The molecule has 3 rings (SSSR count). The van der Waals surface area contributed by atoms with E-state index >= 15 is 0 Å². The average molecular weight is 349 g/mol. The summed E-state index contributed by atoms with van der Waals surface area (Å²) in [6, 6.07) is 17.7. The molecule has 0 spiro atoms. The van der Waals surface area contributed by atoms with Gasteiger partial charge in [-0.3, -0.25) is 4.79 Å². The van der Waals surface area contributed by atoms with E-state index in [2.05, 4.69) is 20.6 Å². The molecule has 0 saturated heterocycles. The van der Waals surface area contributed by atoms with Gasteiger partial charge in [-0.15, -0.1) is 0 Å². The Balaban J connectivity index is 1.81. The Morgan fingerprint density at radius 2 is 1.85 bits per heavy atom. The molecule has 1 heterocycles. The number of nitrogens with zero attached hydrogens (tertiary/aromatic N) is 2. The van der Waals surface area contributed by atoms with Gasteiger partial charge in [-0.05, 0) is 17.7 Å². The third-order valence-corrected chi connectivity index (χ3v) is 3.79. The predicted octanol–water partition coefficient (Wildman–Crippen LogP) is 2.44. The van der Waals surface area contributed by atoms with Crippen molar-refractivity contribution in [2.24, 2.45) is 0 Å². The Morgan fingerprint density at radius 1 is 1.08 bits per heavy atom. The number of rotatable bonds is 5. The molecule has 0 bridgehead atoms. The molecule has 1 unspecified atom stereocenters. The number of aromatic nitrogens is 2. The van der Waals surface area contributed by atoms with Gasteiger partial charge in [-0.25, -0.2) is 4.98 Å². The number of nitrogens with one attached hydrogen (secondary N) is 2. The molecular formula is C19H19N5O2. The lowest BCUT2D eigenvalue weighted by atomic mass is 10.1. The van der Waals surface area contributed by atoms with Gasteiger partial charge < -0.3 is 21.5 Å². The molecule has 2 aromatic carbocycles. The van der Waals surface area contributed by atoms with E-state index in [1.54, 1.807) is 55.6 Å². The summed E-state index contributed by atoms with van der Waals surface area (Å²) in [5, 5.41) is 15.8. The van der Waals surface area contributed by atoms with Gasteiger partial charge in [0.1, 0.15) is 5.82 Å². The number of amides is 1. The highest BCUT2D eigenvalue weighted by Crippen LogP contribution is 2.24. The van der Waals surface area contributed by atoms with Crippen LogP contribution in [0.25, 0.3) is 11.3 Å². The summed E-state index contributed by atoms with van der Waals surface area (Å²) in [5.41, 5.74) is 8.20. The topological polar surface area (TPSA) is 113 Å². The molecule has 7 nitrogen and oxygen atoms in total. The molecule has 1 aromatic heterocycles. The number of nitrogen functional groups attached to an aromatic ring is 1. The molecule has 26 heavy (non-hydrogen) atoms. The number of hydrogen-bond donors (Lipinski definition) is 4. The zero-order valence-electron chi connectivity index (χ0n) is 14.2. The zero-order chi connectivity index (χ0) is 18.5. The minimum absolute atomic E-state index is 0.154. The van der Waals surface area contributed by atoms with Gasteiger partial charge in [0.15, 0.2) is 6.10 Å². The van der Waals surface area contributed by atoms with Crippen LogP contribution in [0.15, 0.2) is 60.7 Å². The van der Waals surface area contributed by atoms with E-state index in [0.29, 0.717) is 22.8 Å². The maximum atomic E-state index is 12.3. The summed E-state index contributed by atoms with van der Waals surface area (Å²) in [6.45, 7) is 0. The summed E-state index contributed by atoms with van der Waals surface area (Å²) in [4.78, 5) is 20.6. The molecule has 0 aliphatic rings. The maximum Gasteiger partial charge on any atom is 0.257 e. The second-order valence-electron chi connectivity index (χ2n) is 5.63. The lowest BCUT2D eigenvalue weighted by Crippen LogP contribution is -2.20. The van der Waals surface area contributed by atoms with Gasteiger partial charge in [0.2, 0.25) is 5.95 Å². The summed E-state index contributed by atoms with van der Waals surface area (Å²) < 4.78 is 0. The first-order valence-corrected chi connectivity index (χ1v) is 8.03. The lowest BCUT2D eigenvalue weighted by Gasteiger charge is -2.12. The first-order chi connectivity index (χ1) is 12.6. The number of aliphatic hydroxyl groups excluding tert-OH is 1. The number of anilines is 3. The van der Waals surface area contributed by atoms with Crippen LogP contribution in [-0.4, -0.2) is 28.0 Å². The van der Waals surface area contributed by atoms with Crippen molar-refractivity contribution in [3.8, 4) is 11.3 Å². The van der Waals surface area contributed by atoms with E-state index in [1.165, 1.54) is 0 Å². The molecule has 0 saturated carbocycles. The molecule has 0 aliphatic heterocycles. The minimum Gasteiger partial charge on any atom is -0.378 e. The van der Waals surface area contributed by atoms with Gasteiger partial charge in [0.05, 0.1) is 5.69 Å². The molecule has 7 heteroatoms. The minimum atomic E-state index is -1.24. The van der Waals surface area contributed by atoms with E-state index in [4.69, 9.17) is 5.73 Å². The number of aliphatic hydroxyl groups is 1. The van der Waals surface area contributed by atoms with Crippen LogP contribution >= 0.6 is 0 Å². The summed E-state index contributed by atoms with van der Waals surface area (Å²) in [6.07, 6.45) is -1.24. The third kappa shape index (κ3) is 3.96. The fraction of sp³-hybridized carbons (Fsp3) is 0.105. The van der Waals surface area contributed by atoms with Crippen LogP contribution < -0.4 is 16.4 Å². The first kappa shape index (κ1) is 17.4. The molecular weight excluding hydrogens is 330 g/mol. The highest BCUT2D eigenvalue weighted by Gasteiger charge is 2.17. The monoisotopic (exact) mass is 349 g/mol. The molecule has 0 aliphatic carbocycles. The van der Waals surface area contributed by atoms with Crippen molar-refractivity contribution in [3.05, 3.63) is 66.2 Å².